The fourth-order valence-electron chi connectivity index (χ4n) is 3.06. The minimum atomic E-state index is -4.84. The molecule has 1 heterocycles. The lowest BCUT2D eigenvalue weighted by Gasteiger charge is -2.21. The Morgan fingerprint density at radius 1 is 1.06 bits per heavy atom. The number of alkyl halides is 3. The quantitative estimate of drug-likeness (QED) is 0.355. The van der Waals surface area contributed by atoms with Gasteiger partial charge in [0.25, 0.3) is 0 Å². The average Bonchev–Trinajstić information content (AvgIpc) is 2.76. The molecule has 3 N–H and O–H groups in total. The zero-order chi connectivity index (χ0) is 24.9. The van der Waals surface area contributed by atoms with Gasteiger partial charge >= 0.3 is 6.36 Å². The molecule has 0 bridgehead atoms. The second-order valence-electron chi connectivity index (χ2n) is 7.69. The Bertz CT molecular complexity index is 1130. The molecule has 3 aromatic rings. The first kappa shape index (κ1) is 25.0. The Hall–Kier alpha value is -3.60. The summed E-state index contributed by atoms with van der Waals surface area (Å²) in [4.78, 5) is 8.76. The van der Waals surface area contributed by atoms with Crippen molar-refractivity contribution >= 4 is 17.5 Å². The molecule has 3 rings (SSSR count). The molecule has 0 aliphatic carbocycles. The van der Waals surface area contributed by atoms with Crippen molar-refractivity contribution < 1.29 is 32.1 Å². The third kappa shape index (κ3) is 6.70. The Morgan fingerprint density at radius 3 is 2.44 bits per heavy atom. The highest BCUT2D eigenvalue weighted by atomic mass is 19.4. The molecule has 34 heavy (non-hydrogen) atoms. The van der Waals surface area contributed by atoms with Crippen molar-refractivity contribution in [1.29, 1.82) is 0 Å². The van der Waals surface area contributed by atoms with Crippen LogP contribution in [0.2, 0.25) is 0 Å². The molecule has 0 spiro atoms. The molecule has 0 aliphatic heterocycles. The van der Waals surface area contributed by atoms with Crippen LogP contribution in [0.3, 0.4) is 0 Å². The van der Waals surface area contributed by atoms with Gasteiger partial charge in [-0.25, -0.2) is 9.37 Å². The summed E-state index contributed by atoms with van der Waals surface area (Å²) in [5.74, 6) is -0.505. The summed E-state index contributed by atoms with van der Waals surface area (Å²) in [5, 5.41) is 15.7. The largest absolute Gasteiger partial charge is 0.573 e. The predicted octanol–water partition coefficient (Wildman–Crippen LogP) is 5.36. The number of aliphatic hydroxyl groups is 1. The Kier molecular flexibility index (Phi) is 7.77. The summed E-state index contributed by atoms with van der Waals surface area (Å²) in [6.45, 7) is 3.61. The second kappa shape index (κ2) is 10.6. The van der Waals surface area contributed by atoms with Crippen molar-refractivity contribution in [3.05, 3.63) is 54.3 Å². The van der Waals surface area contributed by atoms with Crippen molar-refractivity contribution in [2.75, 3.05) is 24.4 Å². The maximum absolute atomic E-state index is 14.1. The molecule has 1 aromatic heterocycles. The summed E-state index contributed by atoms with van der Waals surface area (Å²) < 4.78 is 61.0. The number of halogens is 4. The van der Waals surface area contributed by atoms with E-state index in [0.29, 0.717) is 11.3 Å². The highest BCUT2D eigenvalue weighted by Crippen LogP contribution is 2.30. The number of nitrogens with one attached hydrogen (secondary N) is 2. The Labute approximate surface area is 193 Å². The van der Waals surface area contributed by atoms with E-state index in [9.17, 15) is 22.7 Å². The fourth-order valence-corrected chi connectivity index (χ4v) is 3.06. The van der Waals surface area contributed by atoms with Crippen LogP contribution in [0.4, 0.5) is 35.0 Å². The third-order valence-electron chi connectivity index (χ3n) is 4.83. The number of benzene rings is 2. The lowest BCUT2D eigenvalue weighted by molar-refractivity contribution is -0.274. The number of aliphatic hydroxyl groups excluding tert-OH is 1. The lowest BCUT2D eigenvalue weighted by atomic mass is 10.1. The van der Waals surface area contributed by atoms with Gasteiger partial charge in [-0.1, -0.05) is 26.0 Å². The molecule has 0 saturated carbocycles. The minimum absolute atomic E-state index is 0.0351. The van der Waals surface area contributed by atoms with Gasteiger partial charge in [0.2, 0.25) is 5.95 Å². The first-order valence-electron chi connectivity index (χ1n) is 10.3. The van der Waals surface area contributed by atoms with Crippen LogP contribution in [0, 0.1) is 11.7 Å². The molecule has 182 valence electrons. The summed E-state index contributed by atoms with van der Waals surface area (Å²) in [6, 6.07) is 10.7. The van der Waals surface area contributed by atoms with Crippen molar-refractivity contribution in [3.63, 3.8) is 0 Å². The van der Waals surface area contributed by atoms with Crippen LogP contribution < -0.4 is 20.1 Å². The molecule has 0 radical (unpaired) electrons. The molecule has 11 heteroatoms. The molecular weight excluding hydrogens is 456 g/mol. The van der Waals surface area contributed by atoms with Gasteiger partial charge in [-0.2, -0.15) is 4.98 Å². The van der Waals surface area contributed by atoms with E-state index in [4.69, 9.17) is 4.74 Å². The molecule has 0 unspecified atom stereocenters. The van der Waals surface area contributed by atoms with Gasteiger partial charge < -0.3 is 25.2 Å². The van der Waals surface area contributed by atoms with E-state index in [1.54, 1.807) is 12.1 Å². The smallest absolute Gasteiger partial charge is 0.494 e. The molecule has 0 amide bonds. The number of ether oxygens (including phenoxy) is 2. The van der Waals surface area contributed by atoms with E-state index in [1.807, 2.05) is 13.8 Å². The summed E-state index contributed by atoms with van der Waals surface area (Å²) >= 11 is 0. The normalized spacial score (nSPS) is 12.4. The first-order valence-corrected chi connectivity index (χ1v) is 10.3. The zero-order valence-corrected chi connectivity index (χ0v) is 18.7. The number of methoxy groups -OCH3 is 1. The van der Waals surface area contributed by atoms with Crippen LogP contribution in [-0.4, -0.2) is 41.2 Å². The highest BCUT2D eigenvalue weighted by molar-refractivity contribution is 5.68. The SMILES string of the molecule is COc1ccc(Nc2cc(-c3cccc(OC(F)(F)F)c3)nc(N[C@@H](CO)C(C)C)n2)cc1F. The lowest BCUT2D eigenvalue weighted by Crippen LogP contribution is -2.30. The predicted molar refractivity (Wildman–Crippen MR) is 120 cm³/mol. The van der Waals surface area contributed by atoms with E-state index in [1.165, 1.54) is 43.5 Å². The maximum atomic E-state index is 14.1. The van der Waals surface area contributed by atoms with E-state index in [-0.39, 0.29) is 41.8 Å². The second-order valence-corrected chi connectivity index (χ2v) is 7.69. The molecule has 0 saturated heterocycles. The highest BCUT2D eigenvalue weighted by Gasteiger charge is 2.31. The number of nitrogens with zero attached hydrogens (tertiary/aromatic N) is 2. The van der Waals surface area contributed by atoms with E-state index >= 15 is 0 Å². The van der Waals surface area contributed by atoms with Crippen LogP contribution in [0.5, 0.6) is 11.5 Å². The van der Waals surface area contributed by atoms with Crippen LogP contribution in [0.1, 0.15) is 13.8 Å². The molecule has 1 atom stereocenters. The Morgan fingerprint density at radius 2 is 1.82 bits per heavy atom. The van der Waals surface area contributed by atoms with Crippen LogP contribution in [-0.2, 0) is 0 Å². The molecular formula is C23H24F4N4O3. The number of anilines is 3. The van der Waals surface area contributed by atoms with E-state index in [0.717, 1.165) is 0 Å². The van der Waals surface area contributed by atoms with Gasteiger partial charge in [0.15, 0.2) is 11.6 Å². The van der Waals surface area contributed by atoms with Gasteiger partial charge in [-0.3, -0.25) is 0 Å². The van der Waals surface area contributed by atoms with Crippen LogP contribution >= 0.6 is 0 Å². The van der Waals surface area contributed by atoms with Crippen molar-refractivity contribution in [2.24, 2.45) is 5.92 Å². The summed E-state index contributed by atoms with van der Waals surface area (Å²) in [5.41, 5.74) is 0.980. The minimum Gasteiger partial charge on any atom is -0.494 e. The summed E-state index contributed by atoms with van der Waals surface area (Å²) in [6.07, 6.45) is -4.84. The van der Waals surface area contributed by atoms with Crippen molar-refractivity contribution in [3.8, 4) is 22.8 Å². The molecule has 0 fully saturated rings. The standard InChI is InChI=1S/C23H24F4N4O3/c1-13(2)19(12-32)30-22-29-18(14-5-4-6-16(9-14)34-23(25,26)27)11-21(31-22)28-15-7-8-20(33-3)17(24)10-15/h4-11,13,19,32H,12H2,1-3H3,(H2,28,29,30,31)/t19-/m0/s1. The number of rotatable bonds is 9. The van der Waals surface area contributed by atoms with E-state index < -0.39 is 17.9 Å². The fraction of sp³-hybridized carbons (Fsp3) is 0.304. The number of hydrogen-bond donors (Lipinski definition) is 3. The van der Waals surface area contributed by atoms with Gasteiger partial charge in [0.05, 0.1) is 25.5 Å². The van der Waals surface area contributed by atoms with Gasteiger partial charge in [-0.15, -0.1) is 13.2 Å². The third-order valence-corrected chi connectivity index (χ3v) is 4.83. The van der Waals surface area contributed by atoms with E-state index in [2.05, 4.69) is 25.3 Å². The molecule has 0 aliphatic rings. The number of hydrogen-bond acceptors (Lipinski definition) is 7. The monoisotopic (exact) mass is 480 g/mol. The van der Waals surface area contributed by atoms with Gasteiger partial charge in [0, 0.05) is 23.4 Å². The van der Waals surface area contributed by atoms with Crippen LogP contribution in [0.15, 0.2) is 48.5 Å². The van der Waals surface area contributed by atoms with Crippen molar-refractivity contribution in [2.45, 2.75) is 26.3 Å². The van der Waals surface area contributed by atoms with Crippen molar-refractivity contribution in [1.82, 2.24) is 9.97 Å². The van der Waals surface area contributed by atoms with Gasteiger partial charge in [-0.05, 0) is 30.2 Å². The molecule has 7 nitrogen and oxygen atoms in total. The van der Waals surface area contributed by atoms with Crippen LogP contribution in [0.25, 0.3) is 11.3 Å². The zero-order valence-electron chi connectivity index (χ0n) is 18.7. The first-order chi connectivity index (χ1) is 16.1. The Balaban J connectivity index is 2.01. The maximum Gasteiger partial charge on any atom is 0.573 e. The number of aromatic nitrogens is 2. The summed E-state index contributed by atoms with van der Waals surface area (Å²) in [7, 11) is 1.35. The topological polar surface area (TPSA) is 88.5 Å². The van der Waals surface area contributed by atoms with Gasteiger partial charge in [0.1, 0.15) is 11.6 Å². The average molecular weight is 480 g/mol. The molecule has 2 aromatic carbocycles.